The molecule has 3 nitrogen and oxygen atoms in total. The normalized spacial score (nSPS) is 39.4. The van der Waals surface area contributed by atoms with E-state index in [1.807, 2.05) is 0 Å². The van der Waals surface area contributed by atoms with Crippen LogP contribution in [0.1, 0.15) is 49.7 Å². The van der Waals surface area contributed by atoms with E-state index in [2.05, 4.69) is 43.1 Å². The third kappa shape index (κ3) is 2.54. The number of amides is 1. The Kier molecular flexibility index (Phi) is 3.76. The highest BCUT2D eigenvalue weighted by atomic mass is 16.2. The van der Waals surface area contributed by atoms with Crippen LogP contribution in [-0.2, 0) is 10.2 Å². The average molecular weight is 354 g/mol. The van der Waals surface area contributed by atoms with Gasteiger partial charge in [0.05, 0.1) is 38.6 Å². The molecule has 140 valence electrons. The number of quaternary nitrogens is 1. The Hall–Kier alpha value is -1.35. The minimum Gasteiger partial charge on any atom is -0.334 e. The second kappa shape index (κ2) is 5.82. The zero-order valence-electron chi connectivity index (χ0n) is 16.4. The van der Waals surface area contributed by atoms with Crippen molar-refractivity contribution in [3.63, 3.8) is 0 Å². The predicted octanol–water partition coefficient (Wildman–Crippen LogP) is 2.19. The average Bonchev–Trinajstić information content (AvgIpc) is 2.61. The molecule has 0 aromatic heterocycles. The highest BCUT2D eigenvalue weighted by molar-refractivity contribution is 5.83. The maximum atomic E-state index is 13.7. The first-order valence-electron chi connectivity index (χ1n) is 10.7. The SMILES string of the molecule is Cc1ccc(C23C[C@@H]4C[C@@H](CC(C(=O)N5CC[NH+](C)CC5)(C4)C2)C3)cc1. The summed E-state index contributed by atoms with van der Waals surface area (Å²) in [6, 6.07) is 9.26. The highest BCUT2D eigenvalue weighted by Gasteiger charge is 2.61. The molecular formula is C23H33N2O+. The van der Waals surface area contributed by atoms with Gasteiger partial charge in [-0.1, -0.05) is 29.8 Å². The van der Waals surface area contributed by atoms with Crippen molar-refractivity contribution in [2.24, 2.45) is 17.3 Å². The smallest absolute Gasteiger partial charge is 0.229 e. The molecule has 6 rings (SSSR count). The summed E-state index contributed by atoms with van der Waals surface area (Å²) in [6.45, 7) is 6.30. The third-order valence-corrected chi connectivity index (χ3v) is 8.08. The lowest BCUT2D eigenvalue weighted by molar-refractivity contribution is -0.883. The van der Waals surface area contributed by atoms with E-state index in [0.29, 0.717) is 5.91 Å². The van der Waals surface area contributed by atoms with Crippen LogP contribution >= 0.6 is 0 Å². The predicted molar refractivity (Wildman–Crippen MR) is 103 cm³/mol. The van der Waals surface area contributed by atoms with Crippen LogP contribution in [0.2, 0.25) is 0 Å². The van der Waals surface area contributed by atoms with Gasteiger partial charge in [0.15, 0.2) is 0 Å². The second-order valence-electron chi connectivity index (χ2n) is 10.1. The van der Waals surface area contributed by atoms with E-state index in [-0.39, 0.29) is 10.8 Å². The molecule has 1 aromatic carbocycles. The summed E-state index contributed by atoms with van der Waals surface area (Å²) in [6.07, 6.45) is 7.43. The molecule has 4 aliphatic carbocycles. The molecule has 3 heteroatoms. The fraction of sp³-hybridized carbons (Fsp3) is 0.696. The van der Waals surface area contributed by atoms with Crippen molar-refractivity contribution in [2.45, 2.75) is 50.9 Å². The lowest BCUT2D eigenvalue weighted by atomic mass is 9.42. The summed E-state index contributed by atoms with van der Waals surface area (Å²) in [5, 5.41) is 0. The van der Waals surface area contributed by atoms with E-state index in [1.54, 1.807) is 4.90 Å². The van der Waals surface area contributed by atoms with Crippen LogP contribution in [-0.4, -0.2) is 44.0 Å². The van der Waals surface area contributed by atoms with Crippen LogP contribution in [0.25, 0.3) is 0 Å². The summed E-state index contributed by atoms with van der Waals surface area (Å²) in [4.78, 5) is 17.5. The lowest BCUT2D eigenvalue weighted by Crippen LogP contribution is -3.12. The number of hydrogen-bond donors (Lipinski definition) is 1. The molecule has 0 radical (unpaired) electrons. The topological polar surface area (TPSA) is 24.8 Å². The van der Waals surface area contributed by atoms with Crippen LogP contribution in [0.3, 0.4) is 0 Å². The molecule has 5 fully saturated rings. The summed E-state index contributed by atoms with van der Waals surface area (Å²) in [7, 11) is 2.25. The number of carbonyl (C=O) groups excluding carboxylic acids is 1. The minimum atomic E-state index is -0.0553. The van der Waals surface area contributed by atoms with Crippen molar-refractivity contribution in [3.8, 4) is 0 Å². The van der Waals surface area contributed by atoms with E-state index in [0.717, 1.165) is 57.3 Å². The van der Waals surface area contributed by atoms with Gasteiger partial charge in [-0.15, -0.1) is 0 Å². The molecule has 26 heavy (non-hydrogen) atoms. The van der Waals surface area contributed by atoms with Crippen LogP contribution < -0.4 is 4.90 Å². The molecule has 1 N–H and O–H groups in total. The largest absolute Gasteiger partial charge is 0.334 e. The number of hydrogen-bond acceptors (Lipinski definition) is 1. The number of likely N-dealkylation sites (N-methyl/N-ethyl adjacent to an activating group) is 1. The Balaban J connectivity index is 1.47. The number of benzene rings is 1. The van der Waals surface area contributed by atoms with E-state index in [4.69, 9.17) is 0 Å². The summed E-state index contributed by atoms with van der Waals surface area (Å²) in [5.41, 5.74) is 3.06. The number of rotatable bonds is 2. The molecule has 4 saturated carbocycles. The molecule has 1 aliphatic heterocycles. The third-order valence-electron chi connectivity index (χ3n) is 8.08. The van der Waals surface area contributed by atoms with Gasteiger partial charge in [0.25, 0.3) is 0 Å². The molecule has 1 aromatic rings. The Morgan fingerprint density at radius 1 is 1.04 bits per heavy atom. The zero-order valence-corrected chi connectivity index (χ0v) is 16.4. The van der Waals surface area contributed by atoms with Gasteiger partial charge in [-0.25, -0.2) is 0 Å². The molecule has 2 unspecified atom stereocenters. The molecule has 1 amide bonds. The van der Waals surface area contributed by atoms with Crippen LogP contribution in [0.4, 0.5) is 0 Å². The number of aryl methyl sites for hydroxylation is 1. The molecule has 0 spiro atoms. The van der Waals surface area contributed by atoms with Gasteiger partial charge in [0.2, 0.25) is 5.91 Å². The van der Waals surface area contributed by atoms with Crippen molar-refractivity contribution >= 4 is 5.91 Å². The van der Waals surface area contributed by atoms with Crippen LogP contribution in [0, 0.1) is 24.2 Å². The number of nitrogens with one attached hydrogen (secondary N) is 1. The van der Waals surface area contributed by atoms with Gasteiger partial charge >= 0.3 is 0 Å². The Morgan fingerprint density at radius 3 is 2.27 bits per heavy atom. The number of nitrogens with zero attached hydrogens (tertiary/aromatic N) is 1. The fourth-order valence-electron chi connectivity index (χ4n) is 7.18. The van der Waals surface area contributed by atoms with Gasteiger partial charge in [-0.3, -0.25) is 4.79 Å². The van der Waals surface area contributed by atoms with E-state index in [1.165, 1.54) is 30.4 Å². The van der Waals surface area contributed by atoms with E-state index in [9.17, 15) is 4.79 Å². The maximum absolute atomic E-state index is 13.7. The Morgan fingerprint density at radius 2 is 1.65 bits per heavy atom. The standard InChI is InChI=1S/C23H32N2O/c1-17-3-5-20(6-4-17)22-12-18-11-19(13-22)15-23(14-18,16-22)21(26)25-9-7-24(2)8-10-25/h3-6,18-19H,7-16H2,1-2H3/p+1/t18-,19+,22?,23?. The molecule has 5 aliphatic rings. The highest BCUT2D eigenvalue weighted by Crippen LogP contribution is 2.66. The van der Waals surface area contributed by atoms with Gasteiger partial charge < -0.3 is 9.80 Å². The first kappa shape index (κ1) is 16.8. The molecule has 1 heterocycles. The molecular weight excluding hydrogens is 320 g/mol. The van der Waals surface area contributed by atoms with Crippen molar-refractivity contribution in [2.75, 3.05) is 33.2 Å². The van der Waals surface area contributed by atoms with Crippen molar-refractivity contribution in [1.29, 1.82) is 0 Å². The molecule has 1 saturated heterocycles. The van der Waals surface area contributed by atoms with Gasteiger partial charge in [-0.2, -0.15) is 0 Å². The Labute approximate surface area is 157 Å². The summed E-state index contributed by atoms with van der Waals surface area (Å²) in [5.74, 6) is 2.04. The summed E-state index contributed by atoms with van der Waals surface area (Å²) >= 11 is 0. The van der Waals surface area contributed by atoms with Gasteiger partial charge in [0.1, 0.15) is 0 Å². The summed E-state index contributed by atoms with van der Waals surface area (Å²) < 4.78 is 0. The Bertz CT molecular complexity index is 687. The van der Waals surface area contributed by atoms with Crippen molar-refractivity contribution < 1.29 is 9.69 Å². The van der Waals surface area contributed by atoms with E-state index >= 15 is 0 Å². The van der Waals surface area contributed by atoms with Gasteiger partial charge in [0, 0.05) is 0 Å². The first-order valence-corrected chi connectivity index (χ1v) is 10.7. The minimum absolute atomic E-state index is 0.0553. The number of carbonyl (C=O) groups is 1. The van der Waals surface area contributed by atoms with Crippen molar-refractivity contribution in [1.82, 2.24) is 4.90 Å². The number of piperazine rings is 1. The second-order valence-corrected chi connectivity index (χ2v) is 10.1. The lowest BCUT2D eigenvalue weighted by Gasteiger charge is -2.62. The fourth-order valence-corrected chi connectivity index (χ4v) is 7.18. The van der Waals surface area contributed by atoms with Crippen molar-refractivity contribution in [3.05, 3.63) is 35.4 Å². The monoisotopic (exact) mass is 353 g/mol. The molecule has 4 bridgehead atoms. The molecule has 4 atom stereocenters. The zero-order chi connectivity index (χ0) is 17.9. The van der Waals surface area contributed by atoms with Crippen LogP contribution in [0.15, 0.2) is 24.3 Å². The quantitative estimate of drug-likeness (QED) is 0.866. The van der Waals surface area contributed by atoms with Crippen LogP contribution in [0.5, 0.6) is 0 Å². The van der Waals surface area contributed by atoms with E-state index < -0.39 is 0 Å². The van der Waals surface area contributed by atoms with Gasteiger partial charge in [-0.05, 0) is 68.3 Å². The maximum Gasteiger partial charge on any atom is 0.229 e. The first-order chi connectivity index (χ1) is 12.5.